The van der Waals surface area contributed by atoms with E-state index in [1.807, 2.05) is 30.5 Å². The van der Waals surface area contributed by atoms with Crippen molar-refractivity contribution in [2.24, 2.45) is 11.8 Å². The van der Waals surface area contributed by atoms with Gasteiger partial charge in [-0.05, 0) is 75.8 Å². The Kier molecular flexibility index (Phi) is 7.20. The summed E-state index contributed by atoms with van der Waals surface area (Å²) < 4.78 is 6.49. The van der Waals surface area contributed by atoms with Crippen LogP contribution in [0.5, 0.6) is 5.75 Å². The number of quaternary nitrogens is 1. The summed E-state index contributed by atoms with van der Waals surface area (Å²) in [7, 11) is 1.69. The van der Waals surface area contributed by atoms with Gasteiger partial charge in [0.25, 0.3) is 0 Å². The van der Waals surface area contributed by atoms with Gasteiger partial charge in [-0.2, -0.15) is 0 Å². The number of nitrogens with zero attached hydrogens (tertiary/aromatic N) is 2. The molecule has 5 atom stereocenters. The van der Waals surface area contributed by atoms with Crippen molar-refractivity contribution >= 4 is 32.4 Å². The highest BCUT2D eigenvalue weighted by atomic mass is 35.5. The second-order valence-corrected chi connectivity index (χ2v) is 11.9. The van der Waals surface area contributed by atoms with Gasteiger partial charge in [-0.25, -0.2) is 0 Å². The van der Waals surface area contributed by atoms with Crippen LogP contribution in [0.1, 0.15) is 43.4 Å². The number of benzene rings is 4. The molecule has 0 amide bonds. The third kappa shape index (κ3) is 4.43. The van der Waals surface area contributed by atoms with Crippen LogP contribution in [0.2, 0.25) is 0 Å². The van der Waals surface area contributed by atoms with Crippen LogP contribution >= 0.6 is 0 Å². The summed E-state index contributed by atoms with van der Waals surface area (Å²) in [6.45, 7) is 5.56. The van der Waals surface area contributed by atoms with Crippen LogP contribution in [-0.4, -0.2) is 40.8 Å². The molecule has 4 aromatic carbocycles. The molecule has 0 aliphatic carbocycles. The number of aromatic nitrogens is 1. The molecule has 1 N–H and O–H groups in total. The van der Waals surface area contributed by atoms with Gasteiger partial charge < -0.3 is 26.7 Å². The van der Waals surface area contributed by atoms with E-state index in [9.17, 15) is 5.11 Å². The van der Waals surface area contributed by atoms with E-state index >= 15 is 0 Å². The molecule has 3 aliphatic heterocycles. The maximum absolute atomic E-state index is 12.2. The lowest BCUT2D eigenvalue weighted by molar-refractivity contribution is -0.985. The predicted octanol–water partition coefficient (Wildman–Crippen LogP) is 4.42. The molecule has 3 saturated heterocycles. The van der Waals surface area contributed by atoms with Crippen LogP contribution in [0.4, 0.5) is 0 Å². The minimum absolute atomic E-state index is 0. The Labute approximate surface area is 242 Å². The topological polar surface area (TPSA) is 42.4 Å². The fourth-order valence-electron chi connectivity index (χ4n) is 7.91. The van der Waals surface area contributed by atoms with Gasteiger partial charge in [0, 0.05) is 35.9 Å². The molecule has 5 heteroatoms. The molecule has 4 nitrogen and oxygen atoms in total. The highest BCUT2D eigenvalue weighted by molar-refractivity contribution is 5.99. The Balaban J connectivity index is 0.00000289. The van der Waals surface area contributed by atoms with E-state index < -0.39 is 6.10 Å². The molecule has 2 bridgehead atoms. The first-order chi connectivity index (χ1) is 19.1. The molecule has 1 aromatic heterocycles. The molecule has 0 saturated carbocycles. The quantitative estimate of drug-likeness (QED) is 0.250. The van der Waals surface area contributed by atoms with Crippen molar-refractivity contribution in [3.63, 3.8) is 0 Å². The highest BCUT2D eigenvalue weighted by Crippen LogP contribution is 2.49. The van der Waals surface area contributed by atoms with Crippen LogP contribution < -0.4 is 17.1 Å². The molecule has 5 aromatic rings. The maximum atomic E-state index is 12.2. The first-order valence-corrected chi connectivity index (χ1v) is 14.5. The third-order valence-corrected chi connectivity index (χ3v) is 9.97. The molecule has 0 spiro atoms. The normalized spacial score (nSPS) is 24.7. The second-order valence-electron chi connectivity index (χ2n) is 11.9. The molecule has 40 heavy (non-hydrogen) atoms. The lowest BCUT2D eigenvalue weighted by atomic mass is 9.70. The average molecular weight is 553 g/mol. The molecule has 1 unspecified atom stereocenters. The fraction of sp³-hybridized carbons (Fsp3) is 0.343. The number of aliphatic hydroxyl groups is 1. The summed E-state index contributed by atoms with van der Waals surface area (Å²) in [5.74, 6) is 2.20. The van der Waals surface area contributed by atoms with Crippen molar-refractivity contribution in [3.05, 3.63) is 96.2 Å². The summed E-state index contributed by atoms with van der Waals surface area (Å²) in [6, 6.07) is 28.3. The summed E-state index contributed by atoms with van der Waals surface area (Å²) >= 11 is 0. The lowest BCUT2D eigenvalue weighted by Gasteiger charge is -2.58. The first-order valence-electron chi connectivity index (χ1n) is 14.5. The number of pyridine rings is 1. The van der Waals surface area contributed by atoms with Gasteiger partial charge in [-0.3, -0.25) is 4.98 Å². The zero-order valence-electron chi connectivity index (χ0n) is 23.3. The van der Waals surface area contributed by atoms with Crippen LogP contribution in [0.25, 0.3) is 32.4 Å². The highest BCUT2D eigenvalue weighted by Gasteiger charge is 2.54. The maximum Gasteiger partial charge on any atom is 0.131 e. The van der Waals surface area contributed by atoms with Crippen LogP contribution in [-0.2, 0) is 6.54 Å². The number of hydrogen-bond acceptors (Lipinski definition) is 3. The van der Waals surface area contributed by atoms with E-state index in [0.717, 1.165) is 52.8 Å². The molecule has 8 rings (SSSR count). The van der Waals surface area contributed by atoms with Gasteiger partial charge in [0.05, 0.1) is 25.7 Å². The number of halogens is 1. The Hall–Kier alpha value is -3.18. The number of methoxy groups -OCH3 is 1. The number of piperidine rings is 3. The molecule has 3 fully saturated rings. The van der Waals surface area contributed by atoms with Gasteiger partial charge in [-0.15, -0.1) is 0 Å². The molecule has 0 radical (unpaired) electrons. The smallest absolute Gasteiger partial charge is 0.131 e. The van der Waals surface area contributed by atoms with E-state index in [1.165, 1.54) is 39.9 Å². The minimum Gasteiger partial charge on any atom is -1.00 e. The van der Waals surface area contributed by atoms with E-state index in [-0.39, 0.29) is 18.4 Å². The van der Waals surface area contributed by atoms with Crippen molar-refractivity contribution in [3.8, 4) is 5.75 Å². The Morgan fingerprint density at radius 3 is 2.55 bits per heavy atom. The van der Waals surface area contributed by atoms with Crippen LogP contribution in [0.15, 0.2) is 85.1 Å². The van der Waals surface area contributed by atoms with Gasteiger partial charge in [-0.1, -0.05) is 49.4 Å². The van der Waals surface area contributed by atoms with Crippen molar-refractivity contribution in [1.82, 2.24) is 4.98 Å². The van der Waals surface area contributed by atoms with Gasteiger partial charge in [0.1, 0.15) is 24.4 Å². The number of rotatable bonds is 6. The number of fused-ring (bicyclic) bond motifs is 6. The van der Waals surface area contributed by atoms with E-state index in [2.05, 4.69) is 66.5 Å². The van der Waals surface area contributed by atoms with Crippen molar-refractivity contribution in [2.45, 2.75) is 44.9 Å². The van der Waals surface area contributed by atoms with Gasteiger partial charge in [0.15, 0.2) is 0 Å². The minimum atomic E-state index is -0.556. The van der Waals surface area contributed by atoms with Crippen LogP contribution in [0.3, 0.4) is 0 Å². The Bertz CT molecular complexity index is 1690. The summed E-state index contributed by atoms with van der Waals surface area (Å²) in [5, 5.41) is 18.4. The first kappa shape index (κ1) is 27.0. The Morgan fingerprint density at radius 2 is 1.75 bits per heavy atom. The molecule has 206 valence electrons. The molecule has 3 aliphatic rings. The van der Waals surface area contributed by atoms with E-state index in [1.54, 1.807) is 7.11 Å². The molecular weight excluding hydrogens is 516 g/mol. The summed E-state index contributed by atoms with van der Waals surface area (Å²) in [6.07, 6.45) is 4.82. The zero-order valence-corrected chi connectivity index (χ0v) is 24.0. The van der Waals surface area contributed by atoms with E-state index in [0.29, 0.717) is 11.8 Å². The zero-order chi connectivity index (χ0) is 26.6. The fourth-order valence-corrected chi connectivity index (χ4v) is 7.91. The third-order valence-electron chi connectivity index (χ3n) is 9.97. The summed E-state index contributed by atoms with van der Waals surface area (Å²) in [4.78, 5) is 4.59. The predicted molar refractivity (Wildman–Crippen MR) is 159 cm³/mol. The van der Waals surface area contributed by atoms with Crippen molar-refractivity contribution < 1.29 is 26.7 Å². The SMILES string of the molecule is CC[C@H]1C[N+]2(Cc3cccc4cc5ccccc5cc34)CC[C@H]1C[C@H]2[C@H](O)c1ccnc2ccc(OC)cc12.[Cl-]. The van der Waals surface area contributed by atoms with Gasteiger partial charge in [0.2, 0.25) is 0 Å². The van der Waals surface area contributed by atoms with E-state index in [4.69, 9.17) is 4.74 Å². The van der Waals surface area contributed by atoms with Crippen LogP contribution in [0, 0.1) is 11.8 Å². The molecule has 4 heterocycles. The average Bonchev–Trinajstić information content (AvgIpc) is 2.99. The van der Waals surface area contributed by atoms with Crippen molar-refractivity contribution in [1.29, 1.82) is 0 Å². The standard InChI is InChI=1S/C35H37N2O2.ClH/c1-3-23-21-37(22-28-10-6-9-27-17-24-7-4-5-8-25(24)18-31(27)28)16-14-26(23)19-34(37)35(38)30-13-15-36-33-12-11-29(39-2)20-32(30)33;/h4-13,15,17-18,20,23,26,34-35,38H,3,14,16,19,21-22H2,1-2H3;1H/q+1;/p-1/t23-,26-,34-,35+,37?;/m0./s1. The number of hydrogen-bond donors (Lipinski definition) is 1. The Morgan fingerprint density at radius 1 is 0.950 bits per heavy atom. The lowest BCUT2D eigenvalue weighted by Crippen LogP contribution is -3.00. The number of ether oxygens (including phenoxy) is 1. The molecular formula is C35H37ClN2O2. The number of aliphatic hydroxyl groups excluding tert-OH is 1. The monoisotopic (exact) mass is 552 g/mol. The largest absolute Gasteiger partial charge is 1.00 e. The summed E-state index contributed by atoms with van der Waals surface area (Å²) in [5.41, 5.74) is 3.28. The van der Waals surface area contributed by atoms with Crippen molar-refractivity contribution in [2.75, 3.05) is 20.2 Å². The van der Waals surface area contributed by atoms with Gasteiger partial charge >= 0.3 is 0 Å². The second kappa shape index (κ2) is 10.7.